The smallest absolute Gasteiger partial charge is 0.163 e. The monoisotopic (exact) mass is 597 g/mol. The highest BCUT2D eigenvalue weighted by Gasteiger charge is 2.30. The van der Waals surface area contributed by atoms with Crippen molar-refractivity contribution in [1.29, 1.82) is 0 Å². The molecule has 3 aromatic carbocycles. The van der Waals surface area contributed by atoms with Crippen molar-refractivity contribution in [3.8, 4) is 32.8 Å². The van der Waals surface area contributed by atoms with E-state index in [0.717, 1.165) is 54.2 Å². The molecule has 0 amide bonds. The van der Waals surface area contributed by atoms with Crippen LogP contribution in [0.15, 0.2) is 67.0 Å². The van der Waals surface area contributed by atoms with Gasteiger partial charge in [0.15, 0.2) is 5.78 Å². The number of hydrogen-bond donors (Lipinski definition) is 0. The van der Waals surface area contributed by atoms with E-state index in [2.05, 4.69) is 41.2 Å². The Morgan fingerprint density at radius 1 is 1.02 bits per heavy atom. The molecule has 216 valence electrons. The van der Waals surface area contributed by atoms with Gasteiger partial charge >= 0.3 is 0 Å². The molecule has 1 aliphatic carbocycles. The summed E-state index contributed by atoms with van der Waals surface area (Å²) in [6.07, 6.45) is 8.42. The zero-order valence-electron chi connectivity index (χ0n) is 24.8. The summed E-state index contributed by atoms with van der Waals surface area (Å²) in [4.78, 5) is 18.2. The fraction of sp³-hybridized carbons (Fsp3) is 0.343. The number of carbonyl (C=O) groups is 1. The lowest BCUT2D eigenvalue weighted by molar-refractivity contribution is -0.138. The fourth-order valence-electron chi connectivity index (χ4n) is 5.96. The van der Waals surface area contributed by atoms with Crippen LogP contribution in [0, 0.1) is 6.92 Å². The molecule has 6 rings (SSSR count). The fourth-order valence-corrected chi connectivity index (χ4v) is 7.21. The number of carbonyl (C=O) groups excluding carboxylic acids is 1. The van der Waals surface area contributed by atoms with E-state index in [1.807, 2.05) is 58.2 Å². The first kappa shape index (κ1) is 28.8. The molecule has 2 aromatic heterocycles. The van der Waals surface area contributed by atoms with Crippen LogP contribution in [0.1, 0.15) is 76.7 Å². The van der Waals surface area contributed by atoms with Gasteiger partial charge in [0.2, 0.25) is 0 Å². The average molecular weight is 598 g/mol. The summed E-state index contributed by atoms with van der Waals surface area (Å²) in [7, 11) is 0. The highest BCUT2D eigenvalue weighted by Crippen LogP contribution is 2.45. The molecule has 0 N–H and O–H groups in total. The molecule has 0 saturated heterocycles. The third-order valence-electron chi connectivity index (χ3n) is 7.91. The third kappa shape index (κ3) is 5.81. The van der Waals surface area contributed by atoms with Gasteiger partial charge in [-0.05, 0) is 88.4 Å². The Morgan fingerprint density at radius 2 is 1.74 bits per heavy atom. The highest BCUT2D eigenvalue weighted by atomic mass is 35.5. The number of aryl methyl sites for hydroxylation is 1. The molecule has 1 atom stereocenters. The standard InChI is InChI=1S/C35H36ClN3O2S/c1-21-17-29-33(31(23-13-15-27(36)16-14-23)30(21)32(22(2)40)41-35(3,4)5)42-34(38-29)25-10-8-9-24(18-25)26-19-37-39(20-26)28-11-6-7-12-28/h8-10,13-20,28,32H,6-7,11-12H2,1-5H3/t32-/m1/s1. The maximum atomic E-state index is 13.1. The Balaban J connectivity index is 1.48. The number of nitrogens with zero attached hydrogens (tertiary/aromatic N) is 3. The normalized spacial score (nSPS) is 15.0. The SMILES string of the molecule is CC(=O)[C@@H](OC(C)(C)C)c1c(C)cc2nc(-c3cccc(-c4cnn(C5CCCC5)c4)c3)sc2c1-c1ccc(Cl)cc1. The van der Waals surface area contributed by atoms with Gasteiger partial charge in [0.25, 0.3) is 0 Å². The third-order valence-corrected chi connectivity index (χ3v) is 9.30. The topological polar surface area (TPSA) is 57.0 Å². The van der Waals surface area contributed by atoms with E-state index in [9.17, 15) is 4.79 Å². The summed E-state index contributed by atoms with van der Waals surface area (Å²) in [6.45, 7) is 9.58. The first-order chi connectivity index (χ1) is 20.1. The Labute approximate surface area is 256 Å². The lowest BCUT2D eigenvalue weighted by Crippen LogP contribution is -2.27. The molecular formula is C35H36ClN3O2S. The van der Waals surface area contributed by atoms with E-state index in [1.165, 1.54) is 25.7 Å². The van der Waals surface area contributed by atoms with Crippen molar-refractivity contribution >= 4 is 38.9 Å². The van der Waals surface area contributed by atoms with Crippen LogP contribution in [0.3, 0.4) is 0 Å². The predicted molar refractivity (Wildman–Crippen MR) is 173 cm³/mol. The lowest BCUT2D eigenvalue weighted by atomic mass is 9.90. The Bertz CT molecular complexity index is 1760. The van der Waals surface area contributed by atoms with Gasteiger partial charge < -0.3 is 4.74 Å². The van der Waals surface area contributed by atoms with Gasteiger partial charge in [-0.15, -0.1) is 11.3 Å². The number of halogens is 1. The van der Waals surface area contributed by atoms with E-state index in [4.69, 9.17) is 26.4 Å². The van der Waals surface area contributed by atoms with Crippen molar-refractivity contribution in [2.75, 3.05) is 0 Å². The largest absolute Gasteiger partial charge is 0.360 e. The number of fused-ring (bicyclic) bond motifs is 1. The zero-order chi connectivity index (χ0) is 29.6. The number of Topliss-reactive ketones (excluding diaryl/α,β-unsaturated/α-hetero) is 1. The number of ketones is 1. The van der Waals surface area contributed by atoms with Crippen LogP contribution in [-0.4, -0.2) is 26.1 Å². The van der Waals surface area contributed by atoms with Crippen molar-refractivity contribution in [3.05, 3.63) is 83.1 Å². The summed E-state index contributed by atoms with van der Waals surface area (Å²) >= 11 is 7.93. The summed E-state index contributed by atoms with van der Waals surface area (Å²) in [5.41, 5.74) is 7.52. The molecule has 1 fully saturated rings. The summed E-state index contributed by atoms with van der Waals surface area (Å²) in [6, 6.07) is 18.9. The van der Waals surface area contributed by atoms with Crippen molar-refractivity contribution in [2.24, 2.45) is 0 Å². The number of hydrogen-bond acceptors (Lipinski definition) is 5. The summed E-state index contributed by atoms with van der Waals surface area (Å²) < 4.78 is 9.56. The molecule has 1 saturated carbocycles. The van der Waals surface area contributed by atoms with Crippen LogP contribution in [-0.2, 0) is 9.53 Å². The first-order valence-electron chi connectivity index (χ1n) is 14.6. The van der Waals surface area contributed by atoms with Gasteiger partial charge in [0.1, 0.15) is 11.1 Å². The van der Waals surface area contributed by atoms with Crippen molar-refractivity contribution in [2.45, 2.75) is 78.0 Å². The quantitative estimate of drug-likeness (QED) is 0.187. The number of rotatable bonds is 7. The number of ether oxygens (including phenoxy) is 1. The van der Waals surface area contributed by atoms with E-state index in [1.54, 1.807) is 18.3 Å². The Hall–Kier alpha value is -3.32. The second kappa shape index (κ2) is 11.4. The Kier molecular flexibility index (Phi) is 7.81. The molecule has 42 heavy (non-hydrogen) atoms. The van der Waals surface area contributed by atoms with Gasteiger partial charge in [-0.25, -0.2) is 4.98 Å². The van der Waals surface area contributed by atoms with Crippen LogP contribution in [0.5, 0.6) is 0 Å². The van der Waals surface area contributed by atoms with E-state index >= 15 is 0 Å². The molecule has 2 heterocycles. The molecule has 7 heteroatoms. The molecule has 0 unspecified atom stereocenters. The minimum absolute atomic E-state index is 0.0295. The number of benzene rings is 3. The molecular weight excluding hydrogens is 562 g/mol. The second-order valence-corrected chi connectivity index (χ2v) is 13.7. The molecule has 1 aliphatic rings. The summed E-state index contributed by atoms with van der Waals surface area (Å²) in [5, 5.41) is 6.29. The molecule has 0 spiro atoms. The van der Waals surface area contributed by atoms with Gasteiger partial charge in [-0.2, -0.15) is 5.10 Å². The highest BCUT2D eigenvalue weighted by molar-refractivity contribution is 7.22. The number of aromatic nitrogens is 3. The van der Waals surface area contributed by atoms with Crippen LogP contribution in [0.2, 0.25) is 5.02 Å². The van der Waals surface area contributed by atoms with E-state index in [-0.39, 0.29) is 5.78 Å². The predicted octanol–water partition coefficient (Wildman–Crippen LogP) is 10.0. The Morgan fingerprint density at radius 3 is 2.43 bits per heavy atom. The second-order valence-electron chi connectivity index (χ2n) is 12.3. The van der Waals surface area contributed by atoms with Crippen molar-refractivity contribution in [1.82, 2.24) is 14.8 Å². The minimum atomic E-state index is -0.703. The molecule has 5 nitrogen and oxygen atoms in total. The van der Waals surface area contributed by atoms with Crippen LogP contribution in [0.25, 0.3) is 43.0 Å². The van der Waals surface area contributed by atoms with Gasteiger partial charge in [0, 0.05) is 33.5 Å². The summed E-state index contributed by atoms with van der Waals surface area (Å²) in [5.74, 6) is -0.0295. The van der Waals surface area contributed by atoms with Gasteiger partial charge in [-0.3, -0.25) is 9.48 Å². The molecule has 0 aliphatic heterocycles. The van der Waals surface area contributed by atoms with Crippen molar-refractivity contribution in [3.63, 3.8) is 0 Å². The van der Waals surface area contributed by atoms with Crippen LogP contribution in [0.4, 0.5) is 0 Å². The molecule has 0 bridgehead atoms. The molecule has 5 aromatic rings. The first-order valence-corrected chi connectivity index (χ1v) is 15.8. The zero-order valence-corrected chi connectivity index (χ0v) is 26.4. The van der Waals surface area contributed by atoms with Gasteiger partial charge in [-0.1, -0.05) is 54.8 Å². The molecule has 0 radical (unpaired) electrons. The minimum Gasteiger partial charge on any atom is -0.360 e. The maximum Gasteiger partial charge on any atom is 0.163 e. The number of thiazole rings is 1. The van der Waals surface area contributed by atoms with Crippen LogP contribution >= 0.6 is 22.9 Å². The van der Waals surface area contributed by atoms with E-state index < -0.39 is 11.7 Å². The van der Waals surface area contributed by atoms with Crippen LogP contribution < -0.4 is 0 Å². The lowest BCUT2D eigenvalue weighted by Gasteiger charge is -2.29. The average Bonchev–Trinajstić information content (AvgIpc) is 3.72. The van der Waals surface area contributed by atoms with Gasteiger partial charge in [0.05, 0.1) is 28.1 Å². The van der Waals surface area contributed by atoms with E-state index in [0.29, 0.717) is 11.1 Å². The van der Waals surface area contributed by atoms with Crippen molar-refractivity contribution < 1.29 is 9.53 Å². The maximum absolute atomic E-state index is 13.1.